The maximum absolute atomic E-state index is 13.0. The van der Waals surface area contributed by atoms with Gasteiger partial charge in [0.2, 0.25) is 5.13 Å². The van der Waals surface area contributed by atoms with Crippen molar-refractivity contribution in [1.82, 2.24) is 20.0 Å². The summed E-state index contributed by atoms with van der Waals surface area (Å²) in [6, 6.07) is 5.68. The van der Waals surface area contributed by atoms with E-state index in [-0.39, 0.29) is 11.4 Å². The Kier molecular flexibility index (Phi) is 4.16. The van der Waals surface area contributed by atoms with E-state index in [0.29, 0.717) is 22.1 Å². The van der Waals surface area contributed by atoms with Gasteiger partial charge in [-0.3, -0.25) is 9.89 Å². The van der Waals surface area contributed by atoms with Crippen molar-refractivity contribution in [3.05, 3.63) is 56.7 Å². The van der Waals surface area contributed by atoms with Gasteiger partial charge >= 0.3 is 0 Å². The second-order valence-corrected chi connectivity index (χ2v) is 5.90. The van der Waals surface area contributed by atoms with Crippen molar-refractivity contribution in [2.75, 3.05) is 0 Å². The summed E-state index contributed by atoms with van der Waals surface area (Å²) in [5, 5.41) is 12.3. The van der Waals surface area contributed by atoms with Gasteiger partial charge in [0.1, 0.15) is 10.8 Å². The number of nitrogens with zero attached hydrogens (tertiary/aromatic N) is 4. The van der Waals surface area contributed by atoms with E-state index in [9.17, 15) is 9.18 Å². The molecule has 3 rings (SSSR count). The first-order valence-electron chi connectivity index (χ1n) is 7.02. The SMILES string of the molecule is CCc1nnc(/N=C/c2c(C)[nH]n(-c3ccc(F)cc3)c2=O)s1. The van der Waals surface area contributed by atoms with Crippen molar-refractivity contribution >= 4 is 22.7 Å². The molecule has 0 spiro atoms. The molecule has 0 aliphatic carbocycles. The summed E-state index contributed by atoms with van der Waals surface area (Å²) in [7, 11) is 0. The summed E-state index contributed by atoms with van der Waals surface area (Å²) >= 11 is 1.39. The van der Waals surface area contributed by atoms with E-state index < -0.39 is 0 Å². The molecule has 0 amide bonds. The molecule has 0 saturated heterocycles. The Hall–Kier alpha value is -2.61. The number of aliphatic imine (C=N–C) groups is 1. The van der Waals surface area contributed by atoms with Crippen LogP contribution >= 0.6 is 11.3 Å². The first-order valence-corrected chi connectivity index (χ1v) is 7.84. The molecule has 0 unspecified atom stereocenters. The second-order valence-electron chi connectivity index (χ2n) is 4.86. The van der Waals surface area contributed by atoms with Crippen LogP contribution in [-0.2, 0) is 6.42 Å². The van der Waals surface area contributed by atoms with Crippen LogP contribution in [0.1, 0.15) is 23.2 Å². The van der Waals surface area contributed by atoms with E-state index in [1.54, 1.807) is 6.92 Å². The van der Waals surface area contributed by atoms with Crippen molar-refractivity contribution in [3.8, 4) is 5.69 Å². The molecule has 0 saturated carbocycles. The number of halogens is 1. The number of nitrogens with one attached hydrogen (secondary N) is 1. The predicted molar refractivity (Wildman–Crippen MR) is 87.6 cm³/mol. The Bertz CT molecular complexity index is 907. The molecule has 2 heterocycles. The smallest absolute Gasteiger partial charge is 0.280 e. The van der Waals surface area contributed by atoms with E-state index in [0.717, 1.165) is 11.4 Å². The van der Waals surface area contributed by atoms with Gasteiger partial charge < -0.3 is 0 Å². The van der Waals surface area contributed by atoms with Crippen LogP contribution in [0.3, 0.4) is 0 Å². The molecular formula is C15H14FN5OS. The maximum Gasteiger partial charge on any atom is 0.280 e. The van der Waals surface area contributed by atoms with E-state index in [1.807, 2.05) is 6.92 Å². The van der Waals surface area contributed by atoms with Crippen LogP contribution in [0.25, 0.3) is 5.69 Å². The molecule has 0 aliphatic rings. The predicted octanol–water partition coefficient (Wildman–Crippen LogP) is 2.78. The Balaban J connectivity index is 1.94. The molecule has 118 valence electrons. The molecular weight excluding hydrogens is 317 g/mol. The lowest BCUT2D eigenvalue weighted by Crippen LogP contribution is -2.17. The number of aryl methyl sites for hydroxylation is 2. The fourth-order valence-electron chi connectivity index (χ4n) is 2.04. The molecule has 2 aromatic heterocycles. The van der Waals surface area contributed by atoms with E-state index in [1.165, 1.54) is 46.5 Å². The average molecular weight is 331 g/mol. The van der Waals surface area contributed by atoms with Gasteiger partial charge in [0.05, 0.1) is 11.3 Å². The Labute approximate surface area is 135 Å². The molecule has 0 bridgehead atoms. The first kappa shape index (κ1) is 15.3. The minimum atomic E-state index is -0.352. The lowest BCUT2D eigenvalue weighted by atomic mass is 10.3. The molecule has 1 N–H and O–H groups in total. The second kappa shape index (κ2) is 6.25. The van der Waals surface area contributed by atoms with Crippen LogP contribution in [0.2, 0.25) is 0 Å². The summed E-state index contributed by atoms with van der Waals surface area (Å²) in [4.78, 5) is 16.7. The Morgan fingerprint density at radius 3 is 2.74 bits per heavy atom. The van der Waals surface area contributed by atoms with E-state index >= 15 is 0 Å². The minimum Gasteiger partial charge on any atom is -0.295 e. The molecule has 3 aromatic rings. The van der Waals surface area contributed by atoms with Gasteiger partial charge in [-0.2, -0.15) is 0 Å². The zero-order valence-electron chi connectivity index (χ0n) is 12.6. The van der Waals surface area contributed by atoms with E-state index in [4.69, 9.17) is 0 Å². The van der Waals surface area contributed by atoms with Gasteiger partial charge in [-0.1, -0.05) is 18.3 Å². The molecule has 0 fully saturated rings. The van der Waals surface area contributed by atoms with Crippen LogP contribution in [0.4, 0.5) is 9.52 Å². The van der Waals surface area contributed by atoms with Gasteiger partial charge in [0, 0.05) is 11.9 Å². The standard InChI is InChI=1S/C15H14FN5OS/c1-3-13-18-19-15(23-13)17-8-12-9(2)20-21(14(12)22)11-6-4-10(16)5-7-11/h4-8,20H,3H2,1-2H3/b17-8+. The lowest BCUT2D eigenvalue weighted by molar-refractivity contribution is 0.627. The molecule has 8 heteroatoms. The van der Waals surface area contributed by atoms with Gasteiger partial charge in [-0.25, -0.2) is 14.1 Å². The van der Waals surface area contributed by atoms with Crippen molar-refractivity contribution < 1.29 is 4.39 Å². The van der Waals surface area contributed by atoms with Crippen LogP contribution < -0.4 is 5.56 Å². The number of H-pyrrole nitrogens is 1. The number of hydrogen-bond donors (Lipinski definition) is 1. The zero-order chi connectivity index (χ0) is 16.4. The molecule has 0 aliphatic heterocycles. The summed E-state index contributed by atoms with van der Waals surface area (Å²) in [5.74, 6) is -0.352. The number of hydrogen-bond acceptors (Lipinski definition) is 5. The highest BCUT2D eigenvalue weighted by atomic mass is 32.1. The zero-order valence-corrected chi connectivity index (χ0v) is 13.4. The van der Waals surface area contributed by atoms with Crippen molar-refractivity contribution in [1.29, 1.82) is 0 Å². The van der Waals surface area contributed by atoms with Crippen molar-refractivity contribution in [2.24, 2.45) is 4.99 Å². The van der Waals surface area contributed by atoms with E-state index in [2.05, 4.69) is 20.3 Å². The van der Waals surface area contributed by atoms with Crippen LogP contribution in [0, 0.1) is 12.7 Å². The molecule has 23 heavy (non-hydrogen) atoms. The highest BCUT2D eigenvalue weighted by Crippen LogP contribution is 2.18. The maximum atomic E-state index is 13.0. The number of benzene rings is 1. The molecule has 0 radical (unpaired) electrons. The highest BCUT2D eigenvalue weighted by molar-refractivity contribution is 7.14. The largest absolute Gasteiger partial charge is 0.295 e. The summed E-state index contributed by atoms with van der Waals surface area (Å²) in [6.45, 7) is 3.77. The third-order valence-corrected chi connectivity index (χ3v) is 4.24. The van der Waals surface area contributed by atoms with Gasteiger partial charge in [-0.15, -0.1) is 10.2 Å². The minimum absolute atomic E-state index is 0.252. The average Bonchev–Trinajstić information content (AvgIpc) is 3.11. The van der Waals surface area contributed by atoms with Crippen LogP contribution in [0.5, 0.6) is 0 Å². The summed E-state index contributed by atoms with van der Waals surface area (Å²) in [5.41, 5.74) is 1.41. The molecule has 0 atom stereocenters. The first-order chi connectivity index (χ1) is 11.1. The number of aromatic amines is 1. The normalized spacial score (nSPS) is 11.4. The van der Waals surface area contributed by atoms with Crippen molar-refractivity contribution in [2.45, 2.75) is 20.3 Å². The van der Waals surface area contributed by atoms with Gasteiger partial charge in [0.15, 0.2) is 0 Å². The fraction of sp³-hybridized carbons (Fsp3) is 0.200. The quantitative estimate of drug-likeness (QED) is 0.747. The number of aromatic nitrogens is 4. The monoisotopic (exact) mass is 331 g/mol. The summed E-state index contributed by atoms with van der Waals surface area (Å²) < 4.78 is 14.4. The third-order valence-electron chi connectivity index (χ3n) is 3.26. The fourth-order valence-corrected chi connectivity index (χ4v) is 2.67. The molecule has 6 nitrogen and oxygen atoms in total. The number of rotatable bonds is 4. The van der Waals surface area contributed by atoms with Crippen LogP contribution in [0.15, 0.2) is 34.1 Å². The molecule has 1 aromatic carbocycles. The van der Waals surface area contributed by atoms with Gasteiger partial charge in [0.25, 0.3) is 5.56 Å². The van der Waals surface area contributed by atoms with Crippen LogP contribution in [-0.4, -0.2) is 26.2 Å². The van der Waals surface area contributed by atoms with Gasteiger partial charge in [-0.05, 0) is 37.6 Å². The van der Waals surface area contributed by atoms with Crippen molar-refractivity contribution in [3.63, 3.8) is 0 Å². The Morgan fingerprint density at radius 2 is 2.09 bits per heavy atom. The topological polar surface area (TPSA) is 75.9 Å². The third kappa shape index (κ3) is 3.11. The summed E-state index contributed by atoms with van der Waals surface area (Å²) in [6.07, 6.45) is 2.28. The lowest BCUT2D eigenvalue weighted by Gasteiger charge is -2.00. The Morgan fingerprint density at radius 1 is 1.35 bits per heavy atom. The highest BCUT2D eigenvalue weighted by Gasteiger charge is 2.11.